The molecule has 4 atom stereocenters. The number of hydrogen-bond acceptors (Lipinski definition) is 6. The van der Waals surface area contributed by atoms with Crippen molar-refractivity contribution >= 4 is 21.6 Å². The van der Waals surface area contributed by atoms with Crippen molar-refractivity contribution in [1.29, 1.82) is 0 Å². The molecular formula is C31H33N3O2S. The van der Waals surface area contributed by atoms with E-state index in [2.05, 4.69) is 88.0 Å². The van der Waals surface area contributed by atoms with Crippen LogP contribution in [0.5, 0.6) is 0 Å². The third-order valence-electron chi connectivity index (χ3n) is 8.37. The summed E-state index contributed by atoms with van der Waals surface area (Å²) in [5.41, 5.74) is 8.07. The van der Waals surface area contributed by atoms with Gasteiger partial charge in [0.2, 0.25) is 0 Å². The lowest BCUT2D eigenvalue weighted by Crippen LogP contribution is -2.51. The first-order valence-electron chi connectivity index (χ1n) is 13.3. The van der Waals surface area contributed by atoms with Crippen molar-refractivity contribution in [1.82, 2.24) is 15.2 Å². The molecule has 4 aromatic rings. The molecule has 2 bridgehead atoms. The number of benzene rings is 3. The highest BCUT2D eigenvalue weighted by Gasteiger charge is 2.49. The second kappa shape index (κ2) is 9.29. The Kier molecular flexibility index (Phi) is 5.90. The van der Waals surface area contributed by atoms with Crippen molar-refractivity contribution in [3.63, 3.8) is 0 Å². The Morgan fingerprint density at radius 1 is 1.03 bits per heavy atom. The molecule has 6 heteroatoms. The van der Waals surface area contributed by atoms with Crippen LogP contribution in [-0.2, 0) is 16.0 Å². The van der Waals surface area contributed by atoms with Gasteiger partial charge in [-0.2, -0.15) is 0 Å². The van der Waals surface area contributed by atoms with Gasteiger partial charge in [-0.1, -0.05) is 60.7 Å². The van der Waals surface area contributed by atoms with Crippen LogP contribution in [0.3, 0.4) is 0 Å². The number of ether oxygens (including phenoxy) is 2. The number of thiazole rings is 1. The van der Waals surface area contributed by atoms with Crippen LogP contribution in [0.15, 0.2) is 78.3 Å². The summed E-state index contributed by atoms with van der Waals surface area (Å²) in [7, 11) is 0. The maximum atomic E-state index is 6.10. The van der Waals surface area contributed by atoms with E-state index >= 15 is 0 Å². The molecule has 3 aromatic carbocycles. The Balaban J connectivity index is 1.21. The molecule has 3 aliphatic heterocycles. The molecule has 1 aromatic heterocycles. The van der Waals surface area contributed by atoms with Gasteiger partial charge < -0.3 is 14.8 Å². The lowest BCUT2D eigenvalue weighted by molar-refractivity contribution is -0.443. The number of piperidine rings is 1. The van der Waals surface area contributed by atoms with Crippen LogP contribution in [0.1, 0.15) is 54.7 Å². The van der Waals surface area contributed by atoms with Gasteiger partial charge in [-0.15, -0.1) is 11.3 Å². The van der Waals surface area contributed by atoms with Gasteiger partial charge in [0.1, 0.15) is 0 Å². The Morgan fingerprint density at radius 3 is 2.41 bits per heavy atom. The van der Waals surface area contributed by atoms with E-state index in [0.29, 0.717) is 23.9 Å². The lowest BCUT2D eigenvalue weighted by Gasteiger charge is -2.43. The molecule has 0 amide bonds. The predicted octanol–water partition coefficient (Wildman–Crippen LogP) is 6.07. The molecule has 3 saturated heterocycles. The Bertz CT molecular complexity index is 1340. The summed E-state index contributed by atoms with van der Waals surface area (Å²) >= 11 is 1.67. The van der Waals surface area contributed by atoms with Crippen LogP contribution < -0.4 is 5.32 Å². The van der Waals surface area contributed by atoms with Crippen LogP contribution in [0.25, 0.3) is 10.2 Å². The maximum absolute atomic E-state index is 6.10. The molecule has 1 N–H and O–H groups in total. The first-order chi connectivity index (χ1) is 18.1. The van der Waals surface area contributed by atoms with Crippen molar-refractivity contribution < 1.29 is 9.47 Å². The standard InChI is InChI=1S/C31H33N3O2S/c1-31(2)35-30(36-31)24-16-26-25(33-19-37-26)15-23(24)17-32-28-22-13-14-34(18-22)29(28)27(20-9-5-3-6-10-20)21-11-7-4-8-12-21/h3-12,15-16,19,22,27-30,32H,13-14,17-18H2,1-2H3. The van der Waals surface area contributed by atoms with E-state index < -0.39 is 5.79 Å². The van der Waals surface area contributed by atoms with E-state index in [1.807, 2.05) is 19.4 Å². The van der Waals surface area contributed by atoms with Crippen molar-refractivity contribution in [2.45, 2.75) is 56.9 Å². The summed E-state index contributed by atoms with van der Waals surface area (Å²) in [6.07, 6.45) is 0.935. The minimum atomic E-state index is -0.528. The van der Waals surface area contributed by atoms with E-state index in [-0.39, 0.29) is 6.29 Å². The maximum Gasteiger partial charge on any atom is 0.190 e. The minimum Gasteiger partial charge on any atom is -0.317 e. The molecule has 190 valence electrons. The van der Waals surface area contributed by atoms with Gasteiger partial charge in [-0.3, -0.25) is 4.90 Å². The van der Waals surface area contributed by atoms with Crippen LogP contribution in [0.4, 0.5) is 0 Å². The van der Waals surface area contributed by atoms with Crippen LogP contribution in [0.2, 0.25) is 0 Å². The monoisotopic (exact) mass is 511 g/mol. The average molecular weight is 512 g/mol. The van der Waals surface area contributed by atoms with E-state index in [9.17, 15) is 0 Å². The van der Waals surface area contributed by atoms with Gasteiger partial charge in [-0.25, -0.2) is 4.98 Å². The molecule has 4 heterocycles. The number of aromatic nitrogens is 1. The molecule has 3 fully saturated rings. The smallest absolute Gasteiger partial charge is 0.190 e. The normalized spacial score (nSPS) is 26.7. The van der Waals surface area contributed by atoms with Crippen LogP contribution in [0, 0.1) is 5.92 Å². The molecule has 5 nitrogen and oxygen atoms in total. The van der Waals surface area contributed by atoms with Crippen molar-refractivity contribution in [2.24, 2.45) is 5.92 Å². The molecule has 4 unspecified atom stereocenters. The van der Waals surface area contributed by atoms with Gasteiger partial charge in [-0.05, 0) is 61.6 Å². The highest BCUT2D eigenvalue weighted by molar-refractivity contribution is 7.16. The zero-order valence-electron chi connectivity index (χ0n) is 21.3. The van der Waals surface area contributed by atoms with Gasteiger partial charge in [0.05, 0.1) is 15.7 Å². The molecule has 0 saturated carbocycles. The summed E-state index contributed by atoms with van der Waals surface area (Å²) in [6.45, 7) is 7.05. The average Bonchev–Trinajstić information content (AvgIpc) is 3.64. The van der Waals surface area contributed by atoms with Crippen molar-refractivity contribution in [3.8, 4) is 0 Å². The Morgan fingerprint density at radius 2 is 1.73 bits per heavy atom. The molecule has 0 spiro atoms. The number of nitrogens with zero attached hydrogens (tertiary/aromatic N) is 2. The first-order valence-corrected chi connectivity index (χ1v) is 14.2. The largest absolute Gasteiger partial charge is 0.317 e. The second-order valence-corrected chi connectivity index (χ2v) is 12.0. The summed E-state index contributed by atoms with van der Waals surface area (Å²) in [4.78, 5) is 7.31. The van der Waals surface area contributed by atoms with E-state index in [4.69, 9.17) is 9.47 Å². The van der Waals surface area contributed by atoms with Crippen LogP contribution >= 0.6 is 11.3 Å². The SMILES string of the molecule is CC1(C)OC(c2cc3scnc3cc2CNC2C3CCN(C3)C2C(c2ccccc2)c2ccccc2)O1. The summed E-state index contributed by atoms with van der Waals surface area (Å²) in [6, 6.07) is 27.3. The zero-order chi connectivity index (χ0) is 25.0. The van der Waals surface area contributed by atoms with Crippen LogP contribution in [-0.4, -0.2) is 40.8 Å². The number of rotatable bonds is 7. The zero-order valence-corrected chi connectivity index (χ0v) is 22.2. The Labute approximate surface area is 222 Å². The first kappa shape index (κ1) is 23.5. The van der Waals surface area contributed by atoms with E-state index in [1.54, 1.807) is 11.3 Å². The Hall–Kier alpha value is -2.61. The highest BCUT2D eigenvalue weighted by atomic mass is 32.1. The minimum absolute atomic E-state index is 0.320. The van der Waals surface area contributed by atoms with Crippen molar-refractivity contribution in [2.75, 3.05) is 13.1 Å². The molecule has 7 rings (SSSR count). The lowest BCUT2D eigenvalue weighted by atomic mass is 9.78. The topological polar surface area (TPSA) is 46.6 Å². The molecule has 0 aliphatic carbocycles. The van der Waals surface area contributed by atoms with Gasteiger partial charge in [0.25, 0.3) is 0 Å². The summed E-state index contributed by atoms with van der Waals surface area (Å²) < 4.78 is 13.4. The number of fused-ring (bicyclic) bond motifs is 3. The summed E-state index contributed by atoms with van der Waals surface area (Å²) in [5.74, 6) is 0.450. The molecule has 0 radical (unpaired) electrons. The van der Waals surface area contributed by atoms with Gasteiger partial charge >= 0.3 is 0 Å². The van der Waals surface area contributed by atoms with E-state index in [0.717, 1.165) is 17.6 Å². The number of nitrogens with one attached hydrogen (secondary N) is 1. The highest BCUT2D eigenvalue weighted by Crippen LogP contribution is 2.44. The predicted molar refractivity (Wildman–Crippen MR) is 147 cm³/mol. The fraction of sp³-hybridized carbons (Fsp3) is 0.387. The molecule has 37 heavy (non-hydrogen) atoms. The second-order valence-electron chi connectivity index (χ2n) is 11.1. The molecule has 3 aliphatic rings. The fourth-order valence-corrected chi connectivity index (χ4v) is 7.42. The van der Waals surface area contributed by atoms with E-state index in [1.165, 1.54) is 40.9 Å². The number of hydrogen-bond donors (Lipinski definition) is 1. The third kappa shape index (κ3) is 4.31. The molecular weight excluding hydrogens is 478 g/mol. The van der Waals surface area contributed by atoms with Gasteiger partial charge in [0.15, 0.2) is 12.1 Å². The quantitative estimate of drug-likeness (QED) is 0.326. The van der Waals surface area contributed by atoms with Gasteiger partial charge in [0, 0.05) is 36.7 Å². The fourth-order valence-electron chi connectivity index (χ4n) is 6.71. The van der Waals surface area contributed by atoms with Crippen molar-refractivity contribution in [3.05, 3.63) is 101 Å². The summed E-state index contributed by atoms with van der Waals surface area (Å²) in [5, 5.41) is 4.04. The third-order valence-corrected chi connectivity index (χ3v) is 9.16.